The van der Waals surface area contributed by atoms with Gasteiger partial charge >= 0.3 is 0 Å². The number of rotatable bonds is 2. The van der Waals surface area contributed by atoms with Gasteiger partial charge in [0.1, 0.15) is 0 Å². The normalized spacial score (nSPS) is 10.8. The number of halogens is 2. The molecule has 0 aliphatic carbocycles. The van der Waals surface area contributed by atoms with Gasteiger partial charge in [0.05, 0.1) is 28.0 Å². The lowest BCUT2D eigenvalue weighted by atomic mass is 10.4. The Balaban J connectivity index is 2.46. The van der Waals surface area contributed by atoms with Gasteiger partial charge < -0.3 is 0 Å². The van der Waals surface area contributed by atoms with E-state index >= 15 is 0 Å². The highest BCUT2D eigenvalue weighted by Gasteiger charge is 2.11. The molecule has 0 aliphatic heterocycles. The van der Waals surface area contributed by atoms with Crippen LogP contribution in [0.5, 0.6) is 0 Å². The van der Waals surface area contributed by atoms with Gasteiger partial charge in [0.25, 0.3) is 0 Å². The summed E-state index contributed by atoms with van der Waals surface area (Å²) in [5.41, 5.74) is 2.37. The van der Waals surface area contributed by atoms with Crippen LogP contribution in [0.3, 0.4) is 0 Å². The zero-order valence-corrected chi connectivity index (χ0v) is 10.4. The summed E-state index contributed by atoms with van der Waals surface area (Å²) in [7, 11) is 0. The van der Waals surface area contributed by atoms with Crippen LogP contribution in [-0.4, -0.2) is 20.0 Å². The molecule has 2 aromatic heterocycles. The van der Waals surface area contributed by atoms with Gasteiger partial charge in [0.2, 0.25) is 0 Å². The number of hydrogen-bond donors (Lipinski definition) is 0. The number of aryl methyl sites for hydroxylation is 1. The number of aromatic nitrogens is 4. The van der Waals surface area contributed by atoms with Gasteiger partial charge in [-0.05, 0) is 26.0 Å². The van der Waals surface area contributed by atoms with Crippen LogP contribution in [0.2, 0.25) is 5.02 Å². The first-order valence-corrected chi connectivity index (χ1v) is 5.65. The third kappa shape index (κ3) is 1.90. The van der Waals surface area contributed by atoms with Crippen LogP contribution in [0.15, 0.2) is 12.1 Å². The Labute approximate surface area is 103 Å². The highest BCUT2D eigenvalue weighted by Crippen LogP contribution is 2.21. The zero-order chi connectivity index (χ0) is 11.7. The molecule has 0 saturated heterocycles. The molecule has 0 spiro atoms. The molecule has 0 saturated carbocycles. The Morgan fingerprint density at radius 1 is 1.25 bits per heavy atom. The first kappa shape index (κ1) is 11.4. The van der Waals surface area contributed by atoms with E-state index in [-0.39, 0.29) is 0 Å². The molecule has 0 amide bonds. The van der Waals surface area contributed by atoms with Crippen molar-refractivity contribution in [2.75, 3.05) is 0 Å². The van der Waals surface area contributed by atoms with E-state index in [0.717, 1.165) is 17.1 Å². The molecular formula is C10H10Cl2N4. The average Bonchev–Trinajstić information content (AvgIpc) is 2.57. The molecule has 84 valence electrons. The molecule has 0 fully saturated rings. The van der Waals surface area contributed by atoms with Crippen molar-refractivity contribution in [2.45, 2.75) is 19.7 Å². The zero-order valence-electron chi connectivity index (χ0n) is 8.91. The number of hydrogen-bond acceptors (Lipinski definition) is 3. The van der Waals surface area contributed by atoms with E-state index in [1.54, 1.807) is 4.68 Å². The largest absolute Gasteiger partial charge is 0.216 e. The number of nitrogens with zero attached hydrogens (tertiary/aromatic N) is 4. The second-order valence-corrected chi connectivity index (χ2v) is 4.06. The van der Waals surface area contributed by atoms with Crippen molar-refractivity contribution in [1.82, 2.24) is 20.0 Å². The van der Waals surface area contributed by atoms with Crippen LogP contribution in [0.25, 0.3) is 5.82 Å². The standard InChI is InChI=1S/C10H10Cl2N4/c1-6-10(12)7(2)16(15-6)9-4-3-8(5-11)13-14-9/h3-4H,5H2,1-2H3. The molecule has 0 radical (unpaired) electrons. The van der Waals surface area contributed by atoms with Crippen LogP contribution in [0.1, 0.15) is 17.1 Å². The maximum Gasteiger partial charge on any atom is 0.175 e. The quantitative estimate of drug-likeness (QED) is 0.777. The fourth-order valence-corrected chi connectivity index (χ4v) is 1.64. The van der Waals surface area contributed by atoms with Gasteiger partial charge in [-0.2, -0.15) is 10.2 Å². The van der Waals surface area contributed by atoms with E-state index in [1.165, 1.54) is 0 Å². The average molecular weight is 257 g/mol. The van der Waals surface area contributed by atoms with Crippen molar-refractivity contribution < 1.29 is 0 Å². The summed E-state index contributed by atoms with van der Waals surface area (Å²) in [6.07, 6.45) is 0. The van der Waals surface area contributed by atoms with Crippen molar-refractivity contribution in [3.05, 3.63) is 34.2 Å². The SMILES string of the molecule is Cc1nn(-c2ccc(CCl)nn2)c(C)c1Cl. The molecule has 2 rings (SSSR count). The molecule has 0 aromatic carbocycles. The molecule has 2 aromatic rings. The minimum atomic E-state index is 0.352. The van der Waals surface area contributed by atoms with Gasteiger partial charge in [-0.1, -0.05) is 11.6 Å². The van der Waals surface area contributed by atoms with E-state index in [2.05, 4.69) is 15.3 Å². The lowest BCUT2D eigenvalue weighted by Crippen LogP contribution is -2.04. The molecule has 0 atom stereocenters. The van der Waals surface area contributed by atoms with Crippen LogP contribution >= 0.6 is 23.2 Å². The van der Waals surface area contributed by atoms with Crippen molar-refractivity contribution in [2.24, 2.45) is 0 Å². The van der Waals surface area contributed by atoms with E-state index in [9.17, 15) is 0 Å². The lowest BCUT2D eigenvalue weighted by Gasteiger charge is -2.02. The monoisotopic (exact) mass is 256 g/mol. The first-order chi connectivity index (χ1) is 7.63. The third-order valence-electron chi connectivity index (χ3n) is 2.26. The van der Waals surface area contributed by atoms with Crippen LogP contribution in [-0.2, 0) is 5.88 Å². The summed E-state index contributed by atoms with van der Waals surface area (Å²) < 4.78 is 1.67. The fraction of sp³-hybridized carbons (Fsp3) is 0.300. The highest BCUT2D eigenvalue weighted by molar-refractivity contribution is 6.31. The second kappa shape index (κ2) is 4.39. The fourth-order valence-electron chi connectivity index (χ4n) is 1.38. The minimum Gasteiger partial charge on any atom is -0.216 e. The summed E-state index contributed by atoms with van der Waals surface area (Å²) in [6, 6.07) is 3.64. The Bertz CT molecular complexity index is 504. The van der Waals surface area contributed by atoms with Gasteiger partial charge in [-0.15, -0.1) is 16.7 Å². The van der Waals surface area contributed by atoms with Crippen molar-refractivity contribution in [3.63, 3.8) is 0 Å². The van der Waals surface area contributed by atoms with E-state index in [1.807, 2.05) is 26.0 Å². The smallest absolute Gasteiger partial charge is 0.175 e. The molecule has 16 heavy (non-hydrogen) atoms. The van der Waals surface area contributed by atoms with Crippen molar-refractivity contribution in [3.8, 4) is 5.82 Å². The maximum absolute atomic E-state index is 6.05. The lowest BCUT2D eigenvalue weighted by molar-refractivity contribution is 0.775. The summed E-state index contributed by atoms with van der Waals surface area (Å²) in [6.45, 7) is 3.74. The summed E-state index contributed by atoms with van der Waals surface area (Å²) in [5, 5.41) is 13.0. The molecule has 0 N–H and O–H groups in total. The summed E-state index contributed by atoms with van der Waals surface area (Å²) in [5.74, 6) is 0.992. The predicted octanol–water partition coefficient (Wildman–Crippen LogP) is 2.67. The first-order valence-electron chi connectivity index (χ1n) is 4.74. The second-order valence-electron chi connectivity index (χ2n) is 3.41. The summed E-state index contributed by atoms with van der Waals surface area (Å²) >= 11 is 11.7. The molecule has 0 bridgehead atoms. The van der Waals surface area contributed by atoms with Gasteiger partial charge in [0.15, 0.2) is 5.82 Å². The van der Waals surface area contributed by atoms with Crippen molar-refractivity contribution in [1.29, 1.82) is 0 Å². The van der Waals surface area contributed by atoms with Crippen LogP contribution < -0.4 is 0 Å². The molecular weight excluding hydrogens is 247 g/mol. The molecule has 6 heteroatoms. The van der Waals surface area contributed by atoms with Gasteiger partial charge in [-0.25, -0.2) is 4.68 Å². The van der Waals surface area contributed by atoms with E-state index < -0.39 is 0 Å². The third-order valence-corrected chi connectivity index (χ3v) is 3.08. The minimum absolute atomic E-state index is 0.352. The van der Waals surface area contributed by atoms with Crippen LogP contribution in [0.4, 0.5) is 0 Å². The van der Waals surface area contributed by atoms with E-state index in [0.29, 0.717) is 16.7 Å². The molecule has 0 aliphatic rings. The topological polar surface area (TPSA) is 43.6 Å². The summed E-state index contributed by atoms with van der Waals surface area (Å²) in [4.78, 5) is 0. The van der Waals surface area contributed by atoms with Crippen molar-refractivity contribution >= 4 is 23.2 Å². The predicted molar refractivity (Wildman–Crippen MR) is 63.2 cm³/mol. The molecule has 4 nitrogen and oxygen atoms in total. The molecule has 0 unspecified atom stereocenters. The Kier molecular flexibility index (Phi) is 3.12. The van der Waals surface area contributed by atoms with Gasteiger partial charge in [-0.3, -0.25) is 0 Å². The maximum atomic E-state index is 6.05. The molecule has 2 heterocycles. The number of alkyl halides is 1. The highest BCUT2D eigenvalue weighted by atomic mass is 35.5. The Morgan fingerprint density at radius 2 is 2.00 bits per heavy atom. The van der Waals surface area contributed by atoms with E-state index in [4.69, 9.17) is 23.2 Å². The van der Waals surface area contributed by atoms with Crippen LogP contribution in [0, 0.1) is 13.8 Å². The Morgan fingerprint density at radius 3 is 2.44 bits per heavy atom. The van der Waals surface area contributed by atoms with Gasteiger partial charge in [0, 0.05) is 0 Å². The Hall–Kier alpha value is -1.13.